The van der Waals surface area contributed by atoms with Gasteiger partial charge in [-0.3, -0.25) is 4.90 Å². The molecule has 18 heavy (non-hydrogen) atoms. The molecule has 1 heterocycles. The summed E-state index contributed by atoms with van der Waals surface area (Å²) in [6.07, 6.45) is 0. The van der Waals surface area contributed by atoms with Crippen molar-refractivity contribution in [1.29, 1.82) is 0 Å². The Bertz CT molecular complexity index is 432. The van der Waals surface area contributed by atoms with Gasteiger partial charge >= 0.3 is 0 Å². The number of benzene rings is 1. The van der Waals surface area contributed by atoms with Gasteiger partial charge in [0.25, 0.3) is 0 Å². The molecule has 100 valence electrons. The number of anilines is 1. The van der Waals surface area contributed by atoms with Crippen molar-refractivity contribution >= 4 is 5.69 Å². The van der Waals surface area contributed by atoms with Gasteiger partial charge in [0.1, 0.15) is 5.82 Å². The number of aryl methyl sites for hydroxylation is 2. The third-order valence-electron chi connectivity index (χ3n) is 4.18. The third-order valence-corrected chi connectivity index (χ3v) is 4.18. The molecule has 1 aliphatic rings. The van der Waals surface area contributed by atoms with Crippen LogP contribution in [0.15, 0.2) is 12.1 Å². The van der Waals surface area contributed by atoms with Gasteiger partial charge in [-0.05, 0) is 51.9 Å². The quantitative estimate of drug-likeness (QED) is 0.756. The first-order valence-electron chi connectivity index (χ1n) is 6.63. The summed E-state index contributed by atoms with van der Waals surface area (Å²) in [7, 11) is 2.16. The van der Waals surface area contributed by atoms with E-state index in [0.717, 1.165) is 29.9 Å². The van der Waals surface area contributed by atoms with Gasteiger partial charge in [-0.15, -0.1) is 0 Å². The van der Waals surface area contributed by atoms with E-state index >= 15 is 0 Å². The highest BCUT2D eigenvalue weighted by Gasteiger charge is 2.27. The summed E-state index contributed by atoms with van der Waals surface area (Å²) in [6, 6.07) is 4.63. The van der Waals surface area contributed by atoms with Crippen molar-refractivity contribution in [3.05, 3.63) is 29.1 Å². The topological polar surface area (TPSA) is 6.48 Å². The van der Waals surface area contributed by atoms with E-state index in [9.17, 15) is 4.39 Å². The normalized spacial score (nSPS) is 25.6. The van der Waals surface area contributed by atoms with Gasteiger partial charge in [-0.2, -0.15) is 0 Å². The summed E-state index contributed by atoms with van der Waals surface area (Å²) >= 11 is 0. The fourth-order valence-electron chi connectivity index (χ4n) is 2.76. The zero-order chi connectivity index (χ0) is 13.4. The summed E-state index contributed by atoms with van der Waals surface area (Å²) in [5.41, 5.74) is 2.94. The molecule has 2 atom stereocenters. The summed E-state index contributed by atoms with van der Waals surface area (Å²) in [5, 5.41) is 0. The second kappa shape index (κ2) is 4.88. The fourth-order valence-corrected chi connectivity index (χ4v) is 2.76. The van der Waals surface area contributed by atoms with Crippen LogP contribution in [0.1, 0.15) is 25.0 Å². The SMILES string of the molecule is Cc1cc(C)c(N2CC(C)N(C)C(C)C2)cc1F. The van der Waals surface area contributed by atoms with E-state index in [1.54, 1.807) is 6.07 Å². The van der Waals surface area contributed by atoms with Crippen molar-refractivity contribution < 1.29 is 4.39 Å². The van der Waals surface area contributed by atoms with Crippen LogP contribution >= 0.6 is 0 Å². The number of hydrogen-bond donors (Lipinski definition) is 0. The van der Waals surface area contributed by atoms with Crippen molar-refractivity contribution in [3.8, 4) is 0 Å². The van der Waals surface area contributed by atoms with Crippen LogP contribution in [0.5, 0.6) is 0 Å². The van der Waals surface area contributed by atoms with Crippen LogP contribution in [0.4, 0.5) is 10.1 Å². The molecule has 0 saturated carbocycles. The number of likely N-dealkylation sites (N-methyl/N-ethyl adjacent to an activating group) is 1. The van der Waals surface area contributed by atoms with Gasteiger partial charge in [0.15, 0.2) is 0 Å². The molecule has 0 bridgehead atoms. The van der Waals surface area contributed by atoms with Crippen molar-refractivity contribution in [1.82, 2.24) is 4.90 Å². The molecule has 1 aromatic rings. The monoisotopic (exact) mass is 250 g/mol. The lowest BCUT2D eigenvalue weighted by Gasteiger charge is -2.44. The van der Waals surface area contributed by atoms with Gasteiger partial charge in [0, 0.05) is 30.9 Å². The molecule has 1 aromatic carbocycles. The minimum Gasteiger partial charge on any atom is -0.368 e. The molecule has 0 spiro atoms. The number of rotatable bonds is 1. The summed E-state index contributed by atoms with van der Waals surface area (Å²) in [5.74, 6) is -0.102. The number of nitrogens with zero attached hydrogens (tertiary/aromatic N) is 2. The molecule has 0 N–H and O–H groups in total. The lowest BCUT2D eigenvalue weighted by atomic mass is 10.0. The first-order chi connectivity index (χ1) is 8.40. The van der Waals surface area contributed by atoms with Crippen LogP contribution in [0.2, 0.25) is 0 Å². The van der Waals surface area contributed by atoms with E-state index in [-0.39, 0.29) is 5.82 Å². The van der Waals surface area contributed by atoms with E-state index < -0.39 is 0 Å². The molecule has 0 aromatic heterocycles. The van der Waals surface area contributed by atoms with Crippen LogP contribution in [0.3, 0.4) is 0 Å². The van der Waals surface area contributed by atoms with E-state index in [4.69, 9.17) is 0 Å². The smallest absolute Gasteiger partial charge is 0.128 e. The predicted molar refractivity (Wildman–Crippen MR) is 74.8 cm³/mol. The minimum atomic E-state index is -0.102. The Morgan fingerprint density at radius 1 is 1.06 bits per heavy atom. The predicted octanol–water partition coefficient (Wildman–Crippen LogP) is 2.97. The maximum atomic E-state index is 13.7. The van der Waals surface area contributed by atoms with Crippen LogP contribution in [-0.2, 0) is 0 Å². The van der Waals surface area contributed by atoms with E-state index in [1.807, 2.05) is 13.0 Å². The second-order valence-corrected chi connectivity index (χ2v) is 5.66. The highest BCUT2D eigenvalue weighted by Crippen LogP contribution is 2.27. The largest absolute Gasteiger partial charge is 0.368 e. The van der Waals surface area contributed by atoms with Gasteiger partial charge in [-0.25, -0.2) is 4.39 Å². The Morgan fingerprint density at radius 2 is 1.61 bits per heavy atom. The van der Waals surface area contributed by atoms with Crippen LogP contribution < -0.4 is 4.90 Å². The molecule has 3 heteroatoms. The highest BCUT2D eigenvalue weighted by atomic mass is 19.1. The molecule has 2 unspecified atom stereocenters. The Morgan fingerprint density at radius 3 is 2.17 bits per heavy atom. The standard InChI is InChI=1S/C15H23FN2/c1-10-6-11(2)15(7-14(10)16)18-8-12(3)17(5)13(4)9-18/h6-7,12-13H,8-9H2,1-5H3. The molecule has 0 amide bonds. The Labute approximate surface area is 109 Å². The zero-order valence-corrected chi connectivity index (χ0v) is 12.0. The molecule has 1 saturated heterocycles. The summed E-state index contributed by atoms with van der Waals surface area (Å²) < 4.78 is 13.7. The molecule has 2 rings (SSSR count). The number of halogens is 1. The maximum absolute atomic E-state index is 13.7. The second-order valence-electron chi connectivity index (χ2n) is 5.66. The molecule has 1 fully saturated rings. The molecular weight excluding hydrogens is 227 g/mol. The molecule has 0 radical (unpaired) electrons. The van der Waals surface area contributed by atoms with Crippen LogP contribution in [0, 0.1) is 19.7 Å². The van der Waals surface area contributed by atoms with Gasteiger partial charge in [-0.1, -0.05) is 6.07 Å². The first kappa shape index (κ1) is 13.3. The number of hydrogen-bond acceptors (Lipinski definition) is 2. The van der Waals surface area contributed by atoms with Gasteiger partial charge in [0.2, 0.25) is 0 Å². The van der Waals surface area contributed by atoms with Crippen molar-refractivity contribution in [3.63, 3.8) is 0 Å². The average Bonchev–Trinajstić information content (AvgIpc) is 2.30. The van der Waals surface area contributed by atoms with Crippen LogP contribution in [0.25, 0.3) is 0 Å². The lowest BCUT2D eigenvalue weighted by Crippen LogP contribution is -2.55. The maximum Gasteiger partial charge on any atom is 0.128 e. The van der Waals surface area contributed by atoms with Crippen molar-refractivity contribution in [2.75, 3.05) is 25.0 Å². The molecule has 2 nitrogen and oxygen atoms in total. The fraction of sp³-hybridized carbons (Fsp3) is 0.600. The van der Waals surface area contributed by atoms with E-state index in [1.165, 1.54) is 0 Å². The molecule has 1 aliphatic heterocycles. The minimum absolute atomic E-state index is 0.102. The Balaban J connectivity index is 2.29. The summed E-state index contributed by atoms with van der Waals surface area (Å²) in [4.78, 5) is 4.70. The third kappa shape index (κ3) is 2.37. The van der Waals surface area contributed by atoms with E-state index in [0.29, 0.717) is 12.1 Å². The van der Waals surface area contributed by atoms with Crippen LogP contribution in [-0.4, -0.2) is 37.1 Å². The molecule has 0 aliphatic carbocycles. The van der Waals surface area contributed by atoms with Crippen molar-refractivity contribution in [2.24, 2.45) is 0 Å². The zero-order valence-electron chi connectivity index (χ0n) is 12.0. The van der Waals surface area contributed by atoms with Crippen molar-refractivity contribution in [2.45, 2.75) is 39.8 Å². The summed E-state index contributed by atoms with van der Waals surface area (Å²) in [6.45, 7) is 10.3. The van der Waals surface area contributed by atoms with E-state index in [2.05, 4.69) is 37.6 Å². The Kier molecular flexibility index (Phi) is 3.62. The number of piperazine rings is 1. The Hall–Kier alpha value is -1.09. The van der Waals surface area contributed by atoms with Gasteiger partial charge in [0.05, 0.1) is 0 Å². The highest BCUT2D eigenvalue weighted by molar-refractivity contribution is 5.55. The average molecular weight is 250 g/mol. The first-order valence-corrected chi connectivity index (χ1v) is 6.63. The lowest BCUT2D eigenvalue weighted by molar-refractivity contribution is 0.170. The van der Waals surface area contributed by atoms with Gasteiger partial charge < -0.3 is 4.90 Å². The molecular formula is C15H23FN2.